The fourth-order valence-electron chi connectivity index (χ4n) is 2.13. The Morgan fingerprint density at radius 2 is 2.38 bits per heavy atom. The van der Waals surface area contributed by atoms with Crippen LogP contribution in [0, 0.1) is 0 Å². The maximum absolute atomic E-state index is 10.9. The molecule has 0 aromatic carbocycles. The van der Waals surface area contributed by atoms with Gasteiger partial charge in [0.05, 0.1) is 0 Å². The number of nitrogens with one attached hydrogen (secondary N) is 2. The number of amides is 1. The molecule has 2 unspecified atom stereocenters. The molecule has 4 nitrogen and oxygen atoms in total. The first-order valence-electron chi connectivity index (χ1n) is 4.95. The van der Waals surface area contributed by atoms with Crippen LogP contribution < -0.4 is 10.6 Å². The van der Waals surface area contributed by atoms with Crippen LogP contribution in [0.4, 0.5) is 0 Å². The third kappa shape index (κ3) is 2.19. The van der Waals surface area contributed by atoms with Crippen LogP contribution in [0.3, 0.4) is 0 Å². The van der Waals surface area contributed by atoms with Crippen LogP contribution in [0.5, 0.6) is 0 Å². The molecule has 0 radical (unpaired) electrons. The first-order chi connectivity index (χ1) is 6.24. The van der Waals surface area contributed by atoms with Crippen molar-refractivity contribution in [2.24, 2.45) is 0 Å². The summed E-state index contributed by atoms with van der Waals surface area (Å²) >= 11 is 0. The number of likely N-dealkylation sites (tertiary alicyclic amines) is 1. The van der Waals surface area contributed by atoms with Crippen molar-refractivity contribution in [3.8, 4) is 0 Å². The van der Waals surface area contributed by atoms with Crippen LogP contribution in [0.2, 0.25) is 0 Å². The summed E-state index contributed by atoms with van der Waals surface area (Å²) in [6, 6.07) is 0.951. The standard InChI is InChI=1S/C9H17N3O/c1-12-3-2-7(6-12)11-8-4-9(13)10-5-8/h7-8,11H,2-6H2,1H3,(H,10,13). The van der Waals surface area contributed by atoms with Crippen LogP contribution in [0.15, 0.2) is 0 Å². The number of carbonyl (C=O) groups is 1. The summed E-state index contributed by atoms with van der Waals surface area (Å²) < 4.78 is 0. The second kappa shape index (κ2) is 3.64. The second-order valence-corrected chi connectivity index (χ2v) is 4.12. The van der Waals surface area contributed by atoms with E-state index >= 15 is 0 Å². The molecular formula is C9H17N3O. The molecule has 0 aromatic heterocycles. The van der Waals surface area contributed by atoms with E-state index in [4.69, 9.17) is 0 Å². The Bertz CT molecular complexity index is 207. The van der Waals surface area contributed by atoms with Crippen molar-refractivity contribution in [3.63, 3.8) is 0 Å². The van der Waals surface area contributed by atoms with E-state index in [0.717, 1.165) is 13.1 Å². The van der Waals surface area contributed by atoms with Crippen LogP contribution >= 0.6 is 0 Å². The predicted octanol–water partition coefficient (Wildman–Crippen LogP) is -0.831. The summed E-state index contributed by atoms with van der Waals surface area (Å²) in [7, 11) is 2.14. The lowest BCUT2D eigenvalue weighted by atomic mass is 10.2. The lowest BCUT2D eigenvalue weighted by Crippen LogP contribution is -2.40. The van der Waals surface area contributed by atoms with Gasteiger partial charge in [-0.05, 0) is 20.0 Å². The second-order valence-electron chi connectivity index (χ2n) is 4.12. The molecule has 0 spiro atoms. The van der Waals surface area contributed by atoms with Gasteiger partial charge in [-0.1, -0.05) is 0 Å². The van der Waals surface area contributed by atoms with E-state index < -0.39 is 0 Å². The highest BCUT2D eigenvalue weighted by atomic mass is 16.1. The molecule has 2 rings (SSSR count). The van der Waals surface area contributed by atoms with Crippen LogP contribution in [0.1, 0.15) is 12.8 Å². The van der Waals surface area contributed by atoms with Crippen molar-refractivity contribution in [2.45, 2.75) is 24.9 Å². The van der Waals surface area contributed by atoms with Gasteiger partial charge in [-0.3, -0.25) is 4.79 Å². The molecule has 1 amide bonds. The first-order valence-corrected chi connectivity index (χ1v) is 4.95. The van der Waals surface area contributed by atoms with Crippen molar-refractivity contribution < 1.29 is 4.79 Å². The number of likely N-dealkylation sites (N-methyl/N-ethyl adjacent to an activating group) is 1. The van der Waals surface area contributed by atoms with Crippen LogP contribution in [-0.4, -0.2) is 49.6 Å². The summed E-state index contributed by atoms with van der Waals surface area (Å²) in [5.41, 5.74) is 0. The van der Waals surface area contributed by atoms with E-state index in [1.165, 1.54) is 13.0 Å². The lowest BCUT2D eigenvalue weighted by Gasteiger charge is -2.16. The number of nitrogens with zero attached hydrogens (tertiary/aromatic N) is 1. The minimum absolute atomic E-state index is 0.184. The van der Waals surface area contributed by atoms with Gasteiger partial charge in [0.1, 0.15) is 0 Å². The van der Waals surface area contributed by atoms with Gasteiger partial charge in [0.15, 0.2) is 0 Å². The Hall–Kier alpha value is -0.610. The van der Waals surface area contributed by atoms with Crippen molar-refractivity contribution in [2.75, 3.05) is 26.7 Å². The number of rotatable bonds is 2. The monoisotopic (exact) mass is 183 g/mol. The smallest absolute Gasteiger partial charge is 0.221 e. The van der Waals surface area contributed by atoms with E-state index in [1.54, 1.807) is 0 Å². The molecule has 2 heterocycles. The highest BCUT2D eigenvalue weighted by Gasteiger charge is 2.26. The molecule has 2 N–H and O–H groups in total. The summed E-state index contributed by atoms with van der Waals surface area (Å²) in [4.78, 5) is 13.3. The fraction of sp³-hybridized carbons (Fsp3) is 0.889. The molecule has 13 heavy (non-hydrogen) atoms. The molecular weight excluding hydrogens is 166 g/mol. The van der Waals surface area contributed by atoms with Gasteiger partial charge in [0, 0.05) is 31.6 Å². The van der Waals surface area contributed by atoms with Crippen molar-refractivity contribution in [1.29, 1.82) is 0 Å². The fourth-order valence-corrected chi connectivity index (χ4v) is 2.13. The average Bonchev–Trinajstić information content (AvgIpc) is 2.62. The van der Waals surface area contributed by atoms with Crippen molar-refractivity contribution in [1.82, 2.24) is 15.5 Å². The normalized spacial score (nSPS) is 35.3. The predicted molar refractivity (Wildman–Crippen MR) is 50.5 cm³/mol. The average molecular weight is 183 g/mol. The first kappa shape index (κ1) is 8.97. The maximum Gasteiger partial charge on any atom is 0.221 e. The third-order valence-electron chi connectivity index (χ3n) is 2.84. The summed E-state index contributed by atoms with van der Waals surface area (Å²) in [5, 5.41) is 6.35. The molecule has 74 valence electrons. The zero-order valence-electron chi connectivity index (χ0n) is 8.05. The van der Waals surface area contributed by atoms with Crippen molar-refractivity contribution in [3.05, 3.63) is 0 Å². The Labute approximate surface area is 78.7 Å². The molecule has 2 aliphatic rings. The van der Waals surface area contributed by atoms with E-state index in [0.29, 0.717) is 18.5 Å². The molecule has 2 fully saturated rings. The van der Waals surface area contributed by atoms with Gasteiger partial charge in [-0.25, -0.2) is 0 Å². The number of carbonyl (C=O) groups excluding carboxylic acids is 1. The molecule has 2 aliphatic heterocycles. The molecule has 4 heteroatoms. The van der Waals surface area contributed by atoms with Crippen LogP contribution in [0.25, 0.3) is 0 Å². The molecule has 2 atom stereocenters. The van der Waals surface area contributed by atoms with Gasteiger partial charge in [-0.15, -0.1) is 0 Å². The SMILES string of the molecule is CN1CCC(NC2CNC(=O)C2)C1. The van der Waals surface area contributed by atoms with Crippen LogP contribution in [-0.2, 0) is 4.79 Å². The highest BCUT2D eigenvalue weighted by molar-refractivity contribution is 5.78. The topological polar surface area (TPSA) is 44.4 Å². The Balaban J connectivity index is 1.75. The molecule has 0 bridgehead atoms. The largest absolute Gasteiger partial charge is 0.354 e. The van der Waals surface area contributed by atoms with Gasteiger partial charge in [-0.2, -0.15) is 0 Å². The zero-order chi connectivity index (χ0) is 9.26. The van der Waals surface area contributed by atoms with Gasteiger partial charge in [0.2, 0.25) is 5.91 Å². The zero-order valence-corrected chi connectivity index (χ0v) is 8.05. The summed E-state index contributed by atoms with van der Waals surface area (Å²) in [6.07, 6.45) is 1.86. The van der Waals surface area contributed by atoms with E-state index in [-0.39, 0.29) is 5.91 Å². The van der Waals surface area contributed by atoms with E-state index in [2.05, 4.69) is 22.6 Å². The molecule has 0 saturated carbocycles. The van der Waals surface area contributed by atoms with Gasteiger partial charge < -0.3 is 15.5 Å². The molecule has 0 aromatic rings. The minimum Gasteiger partial charge on any atom is -0.354 e. The number of hydrogen-bond donors (Lipinski definition) is 2. The van der Waals surface area contributed by atoms with E-state index in [9.17, 15) is 4.79 Å². The lowest BCUT2D eigenvalue weighted by molar-refractivity contribution is -0.119. The van der Waals surface area contributed by atoms with E-state index in [1.807, 2.05) is 0 Å². The molecule has 0 aliphatic carbocycles. The number of hydrogen-bond acceptors (Lipinski definition) is 3. The Morgan fingerprint density at radius 3 is 2.92 bits per heavy atom. The highest BCUT2D eigenvalue weighted by Crippen LogP contribution is 2.09. The summed E-state index contributed by atoms with van der Waals surface area (Å²) in [6.45, 7) is 3.09. The maximum atomic E-state index is 10.9. The molecule has 2 saturated heterocycles. The Kier molecular flexibility index (Phi) is 2.51. The third-order valence-corrected chi connectivity index (χ3v) is 2.84. The Morgan fingerprint density at radius 1 is 1.54 bits per heavy atom. The minimum atomic E-state index is 0.184. The van der Waals surface area contributed by atoms with Gasteiger partial charge in [0.25, 0.3) is 0 Å². The van der Waals surface area contributed by atoms with Gasteiger partial charge >= 0.3 is 0 Å². The summed E-state index contributed by atoms with van der Waals surface area (Å²) in [5.74, 6) is 0.184. The van der Waals surface area contributed by atoms with Crippen molar-refractivity contribution >= 4 is 5.91 Å². The quantitative estimate of drug-likeness (QED) is 0.587.